The van der Waals surface area contributed by atoms with Gasteiger partial charge in [0, 0.05) is 10.1 Å². The molecule has 0 aliphatic carbocycles. The Balaban J connectivity index is 2.07. The predicted octanol–water partition coefficient (Wildman–Crippen LogP) is 4.57. The third kappa shape index (κ3) is 2.67. The lowest BCUT2D eigenvalue weighted by molar-refractivity contribution is 0.626. The molecule has 0 spiro atoms. The van der Waals surface area contributed by atoms with Gasteiger partial charge < -0.3 is 4.57 Å². The van der Waals surface area contributed by atoms with Crippen LogP contribution < -0.4 is 0 Å². The molecule has 0 bridgehead atoms. The molecule has 0 amide bonds. The van der Waals surface area contributed by atoms with Gasteiger partial charge in [0.15, 0.2) is 0 Å². The number of benzene rings is 2. The molecule has 5 heteroatoms. The minimum absolute atomic E-state index is 0.226. The van der Waals surface area contributed by atoms with Crippen LogP contribution in [0.1, 0.15) is 11.4 Å². The van der Waals surface area contributed by atoms with E-state index >= 15 is 0 Å². The first-order valence-corrected chi connectivity index (χ1v) is 7.74. The normalized spacial score (nSPS) is 11.2. The summed E-state index contributed by atoms with van der Waals surface area (Å²) < 4.78 is 16.2. The molecular formula is C15H11ClFIN2. The Morgan fingerprint density at radius 1 is 1.15 bits per heavy atom. The largest absolute Gasteiger partial charge is 0.322 e. The van der Waals surface area contributed by atoms with Gasteiger partial charge in [0.1, 0.15) is 11.6 Å². The maximum absolute atomic E-state index is 13.0. The monoisotopic (exact) mass is 400 g/mol. The first-order chi connectivity index (χ1) is 9.67. The average Bonchev–Trinajstić information content (AvgIpc) is 2.78. The van der Waals surface area contributed by atoms with Crippen molar-refractivity contribution in [2.75, 3.05) is 0 Å². The lowest BCUT2D eigenvalue weighted by atomic mass is 10.2. The predicted molar refractivity (Wildman–Crippen MR) is 87.5 cm³/mol. The van der Waals surface area contributed by atoms with Crippen LogP contribution in [0.5, 0.6) is 0 Å². The van der Waals surface area contributed by atoms with Crippen LogP contribution in [-0.2, 0) is 12.4 Å². The molecule has 0 unspecified atom stereocenters. The molecule has 0 aliphatic rings. The Kier molecular flexibility index (Phi) is 3.94. The minimum Gasteiger partial charge on any atom is -0.322 e. The van der Waals surface area contributed by atoms with Crippen molar-refractivity contribution < 1.29 is 4.39 Å². The van der Waals surface area contributed by atoms with Gasteiger partial charge >= 0.3 is 0 Å². The van der Waals surface area contributed by atoms with Crippen molar-refractivity contribution in [3.8, 4) is 0 Å². The number of imidazole rings is 1. The van der Waals surface area contributed by atoms with Gasteiger partial charge in [0.2, 0.25) is 0 Å². The van der Waals surface area contributed by atoms with Gasteiger partial charge in [-0.2, -0.15) is 0 Å². The summed E-state index contributed by atoms with van der Waals surface area (Å²) >= 11 is 8.25. The van der Waals surface area contributed by atoms with E-state index in [0.29, 0.717) is 12.4 Å². The van der Waals surface area contributed by atoms with Crippen LogP contribution in [0.25, 0.3) is 11.0 Å². The second-order valence-electron chi connectivity index (χ2n) is 4.51. The summed E-state index contributed by atoms with van der Waals surface area (Å²) in [6.07, 6.45) is 0. The van der Waals surface area contributed by atoms with Gasteiger partial charge in [-0.3, -0.25) is 0 Å². The Morgan fingerprint density at radius 2 is 1.90 bits per heavy atom. The van der Waals surface area contributed by atoms with Gasteiger partial charge in [-0.15, -0.1) is 11.6 Å². The van der Waals surface area contributed by atoms with Gasteiger partial charge in [-0.1, -0.05) is 12.1 Å². The molecule has 0 atom stereocenters. The van der Waals surface area contributed by atoms with Crippen LogP contribution in [0.3, 0.4) is 0 Å². The zero-order valence-corrected chi connectivity index (χ0v) is 13.4. The molecule has 0 aliphatic heterocycles. The van der Waals surface area contributed by atoms with E-state index in [2.05, 4.69) is 32.1 Å². The first-order valence-electron chi connectivity index (χ1n) is 6.12. The van der Waals surface area contributed by atoms with Crippen molar-refractivity contribution in [1.82, 2.24) is 9.55 Å². The highest BCUT2D eigenvalue weighted by molar-refractivity contribution is 14.1. The second-order valence-corrected chi connectivity index (χ2v) is 6.02. The zero-order chi connectivity index (χ0) is 14.1. The Bertz CT molecular complexity index is 752. The van der Waals surface area contributed by atoms with E-state index in [1.807, 2.05) is 18.2 Å². The molecule has 2 nitrogen and oxygen atoms in total. The molecule has 0 saturated carbocycles. The molecule has 1 aromatic heterocycles. The maximum atomic E-state index is 13.0. The molecule has 0 radical (unpaired) electrons. The number of alkyl halides is 1. The number of rotatable bonds is 3. The van der Waals surface area contributed by atoms with Crippen molar-refractivity contribution in [2.45, 2.75) is 12.4 Å². The van der Waals surface area contributed by atoms with Crippen molar-refractivity contribution in [1.29, 1.82) is 0 Å². The van der Waals surface area contributed by atoms with Crippen molar-refractivity contribution in [3.05, 3.63) is 63.2 Å². The van der Waals surface area contributed by atoms with E-state index in [0.717, 1.165) is 26.0 Å². The standard InChI is InChI=1S/C15H11ClFIN2/c16-8-15-19-13-7-12(18)5-6-14(13)20(15)9-10-1-3-11(17)4-2-10/h1-7H,8-9H2. The lowest BCUT2D eigenvalue weighted by Gasteiger charge is -2.08. The van der Waals surface area contributed by atoms with Crippen molar-refractivity contribution in [2.24, 2.45) is 0 Å². The van der Waals surface area contributed by atoms with Gasteiger partial charge in [-0.05, 0) is 58.5 Å². The fourth-order valence-electron chi connectivity index (χ4n) is 2.20. The smallest absolute Gasteiger partial charge is 0.125 e. The molecule has 1 heterocycles. The molecule has 0 fully saturated rings. The minimum atomic E-state index is -0.226. The molecule has 20 heavy (non-hydrogen) atoms. The number of hydrogen-bond donors (Lipinski definition) is 0. The molecule has 2 aromatic carbocycles. The third-order valence-electron chi connectivity index (χ3n) is 3.16. The van der Waals surface area contributed by atoms with Crippen LogP contribution in [0.15, 0.2) is 42.5 Å². The van der Waals surface area contributed by atoms with Gasteiger partial charge in [0.25, 0.3) is 0 Å². The summed E-state index contributed by atoms with van der Waals surface area (Å²) in [5.41, 5.74) is 3.01. The van der Waals surface area contributed by atoms with Crippen molar-refractivity contribution in [3.63, 3.8) is 0 Å². The molecule has 3 aromatic rings. The van der Waals surface area contributed by atoms with E-state index in [1.54, 1.807) is 12.1 Å². The average molecular weight is 401 g/mol. The maximum Gasteiger partial charge on any atom is 0.125 e. The number of nitrogens with zero attached hydrogens (tertiary/aromatic N) is 2. The lowest BCUT2D eigenvalue weighted by Crippen LogP contribution is -2.03. The highest BCUT2D eigenvalue weighted by Gasteiger charge is 2.10. The highest BCUT2D eigenvalue weighted by Crippen LogP contribution is 2.21. The number of halogens is 3. The fraction of sp³-hybridized carbons (Fsp3) is 0.133. The summed E-state index contributed by atoms with van der Waals surface area (Å²) in [5.74, 6) is 0.955. The van der Waals surface area contributed by atoms with Gasteiger partial charge in [-0.25, -0.2) is 9.37 Å². The van der Waals surface area contributed by atoms with E-state index in [1.165, 1.54) is 12.1 Å². The Morgan fingerprint density at radius 3 is 2.60 bits per heavy atom. The van der Waals surface area contributed by atoms with Crippen LogP contribution >= 0.6 is 34.2 Å². The van der Waals surface area contributed by atoms with Gasteiger partial charge in [0.05, 0.1) is 16.9 Å². The fourth-order valence-corrected chi connectivity index (χ4v) is 2.88. The molecular weight excluding hydrogens is 390 g/mol. The van der Waals surface area contributed by atoms with Crippen molar-refractivity contribution >= 4 is 45.2 Å². The molecule has 3 rings (SSSR count). The second kappa shape index (κ2) is 5.69. The van der Waals surface area contributed by atoms with E-state index < -0.39 is 0 Å². The summed E-state index contributed by atoms with van der Waals surface area (Å²) in [6, 6.07) is 12.6. The summed E-state index contributed by atoms with van der Waals surface area (Å²) in [7, 11) is 0. The topological polar surface area (TPSA) is 17.8 Å². The summed E-state index contributed by atoms with van der Waals surface area (Å²) in [5, 5.41) is 0. The number of aromatic nitrogens is 2. The Labute approximate surface area is 134 Å². The molecule has 0 N–H and O–H groups in total. The van der Waals surface area contributed by atoms with Crippen LogP contribution in [-0.4, -0.2) is 9.55 Å². The van der Waals surface area contributed by atoms with E-state index in [9.17, 15) is 4.39 Å². The quantitative estimate of drug-likeness (QED) is 0.465. The molecule has 0 saturated heterocycles. The van der Waals surface area contributed by atoms with Crippen LogP contribution in [0, 0.1) is 9.39 Å². The highest BCUT2D eigenvalue weighted by atomic mass is 127. The Hall–Kier alpha value is -1.14. The van der Waals surface area contributed by atoms with Crippen LogP contribution in [0.2, 0.25) is 0 Å². The first kappa shape index (κ1) is 13.8. The third-order valence-corrected chi connectivity index (χ3v) is 4.07. The summed E-state index contributed by atoms with van der Waals surface area (Å²) in [6.45, 7) is 0.638. The number of fused-ring (bicyclic) bond motifs is 1. The molecule has 102 valence electrons. The number of hydrogen-bond acceptors (Lipinski definition) is 1. The van der Waals surface area contributed by atoms with Crippen LogP contribution in [0.4, 0.5) is 4.39 Å². The SMILES string of the molecule is Fc1ccc(Cn2c(CCl)nc3cc(I)ccc32)cc1. The van der Waals surface area contributed by atoms with E-state index in [4.69, 9.17) is 11.6 Å². The zero-order valence-electron chi connectivity index (χ0n) is 10.5. The van der Waals surface area contributed by atoms with E-state index in [-0.39, 0.29) is 5.82 Å². The summed E-state index contributed by atoms with van der Waals surface area (Å²) in [4.78, 5) is 4.56.